The molecule has 1 aliphatic rings. The average Bonchev–Trinajstić information content (AvgIpc) is 2.47. The fraction of sp³-hybridized carbons (Fsp3) is 0.538. The highest BCUT2D eigenvalue weighted by molar-refractivity contribution is 5.55. The highest BCUT2D eigenvalue weighted by Gasteiger charge is 2.22. The first kappa shape index (κ1) is 15.2. The summed E-state index contributed by atoms with van der Waals surface area (Å²) in [5, 5.41) is 22.9. The summed E-state index contributed by atoms with van der Waals surface area (Å²) in [6, 6.07) is 3.50. The molecule has 8 heteroatoms. The third-order valence-electron chi connectivity index (χ3n) is 3.69. The fourth-order valence-electron chi connectivity index (χ4n) is 2.32. The van der Waals surface area contributed by atoms with Crippen molar-refractivity contribution in [1.29, 1.82) is 5.26 Å². The van der Waals surface area contributed by atoms with Gasteiger partial charge in [-0.1, -0.05) is 0 Å². The number of likely N-dealkylation sites (N-methyl/N-ethyl adjacent to an activating group) is 2. The molecule has 0 bridgehead atoms. The minimum atomic E-state index is -0.554. The molecule has 1 unspecified atom stereocenters. The maximum atomic E-state index is 10.7. The Morgan fingerprint density at radius 1 is 1.57 bits per heavy atom. The van der Waals surface area contributed by atoms with Crippen LogP contribution >= 0.6 is 0 Å². The van der Waals surface area contributed by atoms with E-state index in [9.17, 15) is 10.1 Å². The topological polar surface area (TPSA) is 98.3 Å². The molecule has 1 aliphatic heterocycles. The van der Waals surface area contributed by atoms with Gasteiger partial charge in [-0.3, -0.25) is 15.0 Å². The number of aromatic nitrogens is 1. The van der Waals surface area contributed by atoms with Gasteiger partial charge in [0.25, 0.3) is 5.69 Å². The molecule has 1 aromatic heterocycles. The Labute approximate surface area is 123 Å². The van der Waals surface area contributed by atoms with Gasteiger partial charge in [-0.25, -0.2) is 4.98 Å². The number of rotatable bonds is 4. The number of nitriles is 1. The Bertz CT molecular complexity index is 570. The predicted molar refractivity (Wildman–Crippen MR) is 78.0 cm³/mol. The Morgan fingerprint density at radius 3 is 3.00 bits per heavy atom. The highest BCUT2D eigenvalue weighted by atomic mass is 16.6. The van der Waals surface area contributed by atoms with Crippen LogP contribution in [0.4, 0.5) is 11.5 Å². The molecule has 2 rings (SSSR count). The smallest absolute Gasteiger partial charge is 0.289 e. The van der Waals surface area contributed by atoms with Crippen LogP contribution in [0.2, 0.25) is 0 Å². The SMILES string of the molecule is CN1CCN(C)C(CNc2ncc([N+](=O)[O-])cc2C#N)C1. The first-order valence-electron chi connectivity index (χ1n) is 6.68. The molecular weight excluding hydrogens is 272 g/mol. The summed E-state index contributed by atoms with van der Waals surface area (Å²) in [7, 11) is 4.14. The lowest BCUT2D eigenvalue weighted by atomic mass is 10.2. The van der Waals surface area contributed by atoms with Crippen LogP contribution < -0.4 is 5.32 Å². The first-order chi connectivity index (χ1) is 10.0. The van der Waals surface area contributed by atoms with E-state index in [2.05, 4.69) is 34.2 Å². The van der Waals surface area contributed by atoms with Crippen molar-refractivity contribution in [3.63, 3.8) is 0 Å². The van der Waals surface area contributed by atoms with Crippen LogP contribution in [0.25, 0.3) is 0 Å². The summed E-state index contributed by atoms with van der Waals surface area (Å²) in [6.45, 7) is 3.59. The van der Waals surface area contributed by atoms with Crippen LogP contribution in [-0.4, -0.2) is 66.0 Å². The number of nitro groups is 1. The van der Waals surface area contributed by atoms with E-state index in [1.54, 1.807) is 0 Å². The predicted octanol–water partition coefficient (Wildman–Crippen LogP) is 0.519. The van der Waals surface area contributed by atoms with Gasteiger partial charge in [0.15, 0.2) is 0 Å². The second kappa shape index (κ2) is 6.47. The molecule has 2 heterocycles. The summed E-state index contributed by atoms with van der Waals surface area (Å²) >= 11 is 0. The molecule has 1 N–H and O–H groups in total. The zero-order valence-electron chi connectivity index (χ0n) is 12.1. The zero-order chi connectivity index (χ0) is 15.4. The van der Waals surface area contributed by atoms with Crippen molar-refractivity contribution < 1.29 is 4.92 Å². The van der Waals surface area contributed by atoms with Crippen LogP contribution in [0.1, 0.15) is 5.56 Å². The number of piperazine rings is 1. The van der Waals surface area contributed by atoms with Gasteiger partial charge in [0.2, 0.25) is 0 Å². The number of anilines is 1. The van der Waals surface area contributed by atoms with Gasteiger partial charge in [-0.15, -0.1) is 0 Å². The summed E-state index contributed by atoms with van der Waals surface area (Å²) in [5.74, 6) is 0.393. The quantitative estimate of drug-likeness (QED) is 0.637. The first-order valence-corrected chi connectivity index (χ1v) is 6.68. The van der Waals surface area contributed by atoms with Crippen LogP contribution in [0.15, 0.2) is 12.3 Å². The molecule has 8 nitrogen and oxygen atoms in total. The Kier molecular flexibility index (Phi) is 4.67. The number of pyridine rings is 1. The normalized spacial score (nSPS) is 20.0. The van der Waals surface area contributed by atoms with E-state index in [0.717, 1.165) is 19.6 Å². The summed E-state index contributed by atoms with van der Waals surface area (Å²) in [6.07, 6.45) is 1.17. The van der Waals surface area contributed by atoms with Gasteiger partial charge in [0.1, 0.15) is 23.6 Å². The van der Waals surface area contributed by atoms with Crippen LogP contribution in [0.5, 0.6) is 0 Å². The molecule has 1 atom stereocenters. The Balaban J connectivity index is 2.06. The van der Waals surface area contributed by atoms with Crippen LogP contribution in [-0.2, 0) is 0 Å². The Hall–Kier alpha value is -2.24. The van der Waals surface area contributed by atoms with E-state index in [4.69, 9.17) is 5.26 Å². The van der Waals surface area contributed by atoms with E-state index in [1.807, 2.05) is 6.07 Å². The number of hydrogen-bond acceptors (Lipinski definition) is 7. The van der Waals surface area contributed by atoms with E-state index >= 15 is 0 Å². The maximum absolute atomic E-state index is 10.7. The highest BCUT2D eigenvalue weighted by Crippen LogP contribution is 2.18. The third-order valence-corrected chi connectivity index (χ3v) is 3.69. The van der Waals surface area contributed by atoms with Crippen LogP contribution in [0.3, 0.4) is 0 Å². The van der Waals surface area contributed by atoms with Crippen molar-refractivity contribution in [1.82, 2.24) is 14.8 Å². The van der Waals surface area contributed by atoms with Gasteiger partial charge in [-0.2, -0.15) is 5.26 Å². The lowest BCUT2D eigenvalue weighted by Gasteiger charge is -2.37. The standard InChI is InChI=1S/C13H18N6O2/c1-17-3-4-18(2)12(9-17)8-16-13-10(6-14)5-11(7-15-13)19(20)21/h5,7,12H,3-4,8-9H2,1-2H3,(H,15,16). The molecule has 112 valence electrons. The summed E-state index contributed by atoms with van der Waals surface area (Å²) < 4.78 is 0. The van der Waals surface area contributed by atoms with Gasteiger partial charge < -0.3 is 10.2 Å². The molecular formula is C13H18N6O2. The summed E-state index contributed by atoms with van der Waals surface area (Å²) in [5.41, 5.74) is 0.0163. The van der Waals surface area contributed by atoms with E-state index in [1.165, 1.54) is 12.3 Å². The lowest BCUT2D eigenvalue weighted by molar-refractivity contribution is -0.385. The van der Waals surface area contributed by atoms with Gasteiger partial charge in [0.05, 0.1) is 4.92 Å². The number of hydrogen-bond donors (Lipinski definition) is 1. The van der Waals surface area contributed by atoms with Crippen LogP contribution in [0, 0.1) is 21.4 Å². The van der Waals surface area contributed by atoms with Crippen molar-refractivity contribution >= 4 is 11.5 Å². The van der Waals surface area contributed by atoms with E-state index in [-0.39, 0.29) is 11.3 Å². The number of nitrogens with zero attached hydrogens (tertiary/aromatic N) is 5. The second-order valence-corrected chi connectivity index (χ2v) is 5.24. The third kappa shape index (κ3) is 3.65. The minimum absolute atomic E-state index is 0.174. The Morgan fingerprint density at radius 2 is 2.33 bits per heavy atom. The van der Waals surface area contributed by atoms with Gasteiger partial charge in [0, 0.05) is 38.3 Å². The molecule has 0 amide bonds. The van der Waals surface area contributed by atoms with E-state index < -0.39 is 4.92 Å². The largest absolute Gasteiger partial charge is 0.367 e. The average molecular weight is 290 g/mol. The molecule has 1 fully saturated rings. The van der Waals surface area contributed by atoms with Crippen molar-refractivity contribution in [3.8, 4) is 6.07 Å². The van der Waals surface area contributed by atoms with Crippen molar-refractivity contribution in [2.24, 2.45) is 0 Å². The maximum Gasteiger partial charge on any atom is 0.289 e. The molecule has 0 spiro atoms. The molecule has 0 aliphatic carbocycles. The summed E-state index contributed by atoms with van der Waals surface area (Å²) in [4.78, 5) is 18.6. The molecule has 0 aromatic carbocycles. The second-order valence-electron chi connectivity index (χ2n) is 5.24. The van der Waals surface area contributed by atoms with E-state index in [0.29, 0.717) is 18.4 Å². The lowest BCUT2D eigenvalue weighted by Crippen LogP contribution is -2.52. The molecule has 21 heavy (non-hydrogen) atoms. The van der Waals surface area contributed by atoms with Crippen molar-refractivity contribution in [3.05, 3.63) is 27.9 Å². The number of nitrogens with one attached hydrogen (secondary N) is 1. The minimum Gasteiger partial charge on any atom is -0.367 e. The van der Waals surface area contributed by atoms with Crippen molar-refractivity contribution in [2.45, 2.75) is 6.04 Å². The fourth-order valence-corrected chi connectivity index (χ4v) is 2.32. The molecule has 1 saturated heterocycles. The molecule has 0 saturated carbocycles. The zero-order valence-corrected chi connectivity index (χ0v) is 12.1. The monoisotopic (exact) mass is 290 g/mol. The van der Waals surface area contributed by atoms with Gasteiger partial charge >= 0.3 is 0 Å². The molecule has 0 radical (unpaired) electrons. The van der Waals surface area contributed by atoms with Crippen molar-refractivity contribution in [2.75, 3.05) is 45.6 Å². The molecule has 1 aromatic rings. The van der Waals surface area contributed by atoms with Gasteiger partial charge in [-0.05, 0) is 14.1 Å².